The van der Waals surface area contributed by atoms with Gasteiger partial charge in [-0.2, -0.15) is 0 Å². The second-order valence-corrected chi connectivity index (χ2v) is 6.35. The van der Waals surface area contributed by atoms with Gasteiger partial charge in [-0.05, 0) is 36.2 Å². The molecule has 5 heteroatoms. The predicted molar refractivity (Wildman–Crippen MR) is 94.8 cm³/mol. The van der Waals surface area contributed by atoms with Gasteiger partial charge in [0, 0.05) is 29.3 Å². The van der Waals surface area contributed by atoms with Crippen molar-refractivity contribution in [3.63, 3.8) is 0 Å². The molecule has 1 aromatic carbocycles. The van der Waals surface area contributed by atoms with E-state index in [9.17, 15) is 0 Å². The molecule has 0 fully saturated rings. The number of pyridine rings is 1. The van der Waals surface area contributed by atoms with E-state index in [1.165, 1.54) is 16.9 Å². The standard InChI is InChI=1S/C18H19N3OS/c1-2-10-22-15-7-5-13(6-8-15)11-16-17(21-18(19)23-16)14-4-3-9-20-12-14/h3-9,12H,2,10-11H2,1H3,(H2,19,21). The number of nitrogen functional groups attached to an aromatic ring is 1. The number of aromatic nitrogens is 2. The minimum absolute atomic E-state index is 0.585. The predicted octanol–water partition coefficient (Wildman–Crippen LogP) is 4.17. The first-order chi connectivity index (χ1) is 11.3. The van der Waals surface area contributed by atoms with Gasteiger partial charge in [0.2, 0.25) is 0 Å². The van der Waals surface area contributed by atoms with Gasteiger partial charge in [-0.3, -0.25) is 4.98 Å². The van der Waals surface area contributed by atoms with E-state index in [2.05, 4.69) is 29.0 Å². The Bertz CT molecular complexity index is 754. The Kier molecular flexibility index (Phi) is 4.88. The molecule has 0 amide bonds. The summed E-state index contributed by atoms with van der Waals surface area (Å²) in [5, 5.41) is 0.585. The van der Waals surface area contributed by atoms with Crippen molar-refractivity contribution in [2.24, 2.45) is 0 Å². The molecular weight excluding hydrogens is 306 g/mol. The van der Waals surface area contributed by atoms with Gasteiger partial charge in [0.1, 0.15) is 5.75 Å². The molecule has 0 aliphatic heterocycles. The van der Waals surface area contributed by atoms with Crippen LogP contribution in [0.3, 0.4) is 0 Å². The van der Waals surface area contributed by atoms with E-state index >= 15 is 0 Å². The van der Waals surface area contributed by atoms with E-state index in [-0.39, 0.29) is 0 Å². The fraction of sp³-hybridized carbons (Fsp3) is 0.222. The number of ether oxygens (including phenoxy) is 1. The molecule has 2 heterocycles. The lowest BCUT2D eigenvalue weighted by Gasteiger charge is -2.06. The van der Waals surface area contributed by atoms with Crippen molar-refractivity contribution in [3.8, 4) is 17.0 Å². The number of nitrogens with zero attached hydrogens (tertiary/aromatic N) is 2. The summed E-state index contributed by atoms with van der Waals surface area (Å²) in [6, 6.07) is 12.1. The Morgan fingerprint density at radius 3 is 2.70 bits per heavy atom. The van der Waals surface area contributed by atoms with Crippen LogP contribution >= 0.6 is 11.3 Å². The average Bonchev–Trinajstić information content (AvgIpc) is 2.95. The molecule has 4 nitrogen and oxygen atoms in total. The zero-order chi connectivity index (χ0) is 16.1. The number of hydrogen-bond acceptors (Lipinski definition) is 5. The lowest BCUT2D eigenvalue weighted by atomic mass is 10.1. The van der Waals surface area contributed by atoms with E-state index in [1.54, 1.807) is 6.20 Å². The van der Waals surface area contributed by atoms with Crippen LogP contribution in [0.2, 0.25) is 0 Å². The molecule has 0 atom stereocenters. The largest absolute Gasteiger partial charge is 0.494 e. The van der Waals surface area contributed by atoms with E-state index in [0.29, 0.717) is 5.13 Å². The summed E-state index contributed by atoms with van der Waals surface area (Å²) >= 11 is 1.53. The maximum atomic E-state index is 5.92. The molecule has 0 unspecified atom stereocenters. The molecule has 0 aliphatic rings. The fourth-order valence-electron chi connectivity index (χ4n) is 2.33. The number of thiazole rings is 1. The molecule has 0 saturated heterocycles. The van der Waals surface area contributed by atoms with E-state index in [0.717, 1.165) is 41.3 Å². The zero-order valence-corrected chi connectivity index (χ0v) is 13.8. The van der Waals surface area contributed by atoms with Crippen LogP contribution in [0.25, 0.3) is 11.3 Å². The molecule has 0 aliphatic carbocycles. The summed E-state index contributed by atoms with van der Waals surface area (Å²) in [6.45, 7) is 2.85. The third kappa shape index (κ3) is 3.87. The normalized spacial score (nSPS) is 10.7. The number of hydrogen-bond donors (Lipinski definition) is 1. The highest BCUT2D eigenvalue weighted by Gasteiger charge is 2.12. The van der Waals surface area contributed by atoms with Crippen molar-refractivity contribution in [1.82, 2.24) is 9.97 Å². The lowest BCUT2D eigenvalue weighted by molar-refractivity contribution is 0.317. The molecule has 0 saturated carbocycles. The van der Waals surface area contributed by atoms with Crippen LogP contribution in [0, 0.1) is 0 Å². The topological polar surface area (TPSA) is 61.0 Å². The molecule has 0 spiro atoms. The molecule has 3 rings (SSSR count). The van der Waals surface area contributed by atoms with Crippen molar-refractivity contribution in [1.29, 1.82) is 0 Å². The van der Waals surface area contributed by atoms with Crippen LogP contribution in [0.1, 0.15) is 23.8 Å². The Morgan fingerprint density at radius 1 is 1.17 bits per heavy atom. The monoisotopic (exact) mass is 325 g/mol. The van der Waals surface area contributed by atoms with Crippen LogP contribution in [0.5, 0.6) is 5.75 Å². The highest BCUT2D eigenvalue weighted by Crippen LogP contribution is 2.31. The van der Waals surface area contributed by atoms with Crippen LogP contribution in [-0.2, 0) is 6.42 Å². The second-order valence-electron chi connectivity index (χ2n) is 5.23. The van der Waals surface area contributed by atoms with Gasteiger partial charge >= 0.3 is 0 Å². The number of benzene rings is 1. The summed E-state index contributed by atoms with van der Waals surface area (Å²) < 4.78 is 5.62. The third-order valence-corrected chi connectivity index (χ3v) is 4.29. The van der Waals surface area contributed by atoms with Gasteiger partial charge in [0.05, 0.1) is 12.3 Å². The van der Waals surface area contributed by atoms with Gasteiger partial charge in [-0.25, -0.2) is 4.98 Å². The SMILES string of the molecule is CCCOc1ccc(Cc2sc(N)nc2-c2cccnc2)cc1. The Morgan fingerprint density at radius 2 is 2.00 bits per heavy atom. The molecule has 0 bridgehead atoms. The quantitative estimate of drug-likeness (QED) is 0.739. The summed E-state index contributed by atoms with van der Waals surface area (Å²) in [5.74, 6) is 0.909. The average molecular weight is 325 g/mol. The fourth-order valence-corrected chi connectivity index (χ4v) is 3.22. The lowest BCUT2D eigenvalue weighted by Crippen LogP contribution is -1.95. The van der Waals surface area contributed by atoms with Crippen molar-refractivity contribution in [3.05, 3.63) is 59.2 Å². The Balaban J connectivity index is 1.80. The van der Waals surface area contributed by atoms with Gasteiger partial charge in [-0.1, -0.05) is 19.1 Å². The first-order valence-corrected chi connectivity index (χ1v) is 8.45. The smallest absolute Gasteiger partial charge is 0.180 e. The molecular formula is C18H19N3OS. The van der Waals surface area contributed by atoms with E-state index < -0.39 is 0 Å². The van der Waals surface area contributed by atoms with Gasteiger partial charge < -0.3 is 10.5 Å². The summed E-state index contributed by atoms with van der Waals surface area (Å²) in [7, 11) is 0. The minimum atomic E-state index is 0.585. The summed E-state index contributed by atoms with van der Waals surface area (Å²) in [4.78, 5) is 9.78. The molecule has 2 aromatic heterocycles. The first kappa shape index (κ1) is 15.5. The first-order valence-electron chi connectivity index (χ1n) is 7.63. The highest BCUT2D eigenvalue weighted by molar-refractivity contribution is 7.15. The Labute approximate surface area is 140 Å². The van der Waals surface area contributed by atoms with Gasteiger partial charge in [0.15, 0.2) is 5.13 Å². The van der Waals surface area contributed by atoms with Crippen LogP contribution in [-0.4, -0.2) is 16.6 Å². The number of anilines is 1. The number of nitrogens with two attached hydrogens (primary N) is 1. The van der Waals surface area contributed by atoms with Crippen molar-refractivity contribution in [2.75, 3.05) is 12.3 Å². The summed E-state index contributed by atoms with van der Waals surface area (Å²) in [5.41, 5.74) is 9.05. The summed E-state index contributed by atoms with van der Waals surface area (Å²) in [6.07, 6.45) is 5.39. The number of rotatable bonds is 6. The van der Waals surface area contributed by atoms with Crippen LogP contribution < -0.4 is 10.5 Å². The highest BCUT2D eigenvalue weighted by atomic mass is 32.1. The molecule has 2 N–H and O–H groups in total. The molecule has 118 valence electrons. The minimum Gasteiger partial charge on any atom is -0.494 e. The molecule has 3 aromatic rings. The second kappa shape index (κ2) is 7.24. The van der Waals surface area contributed by atoms with Gasteiger partial charge in [-0.15, -0.1) is 11.3 Å². The van der Waals surface area contributed by atoms with Crippen molar-refractivity contribution >= 4 is 16.5 Å². The molecule has 23 heavy (non-hydrogen) atoms. The van der Waals surface area contributed by atoms with Crippen molar-refractivity contribution < 1.29 is 4.74 Å². The molecule has 0 radical (unpaired) electrons. The maximum Gasteiger partial charge on any atom is 0.180 e. The third-order valence-electron chi connectivity index (χ3n) is 3.41. The van der Waals surface area contributed by atoms with Crippen molar-refractivity contribution in [2.45, 2.75) is 19.8 Å². The zero-order valence-electron chi connectivity index (χ0n) is 13.0. The van der Waals surface area contributed by atoms with E-state index in [1.807, 2.05) is 30.5 Å². The maximum absolute atomic E-state index is 5.92. The van der Waals surface area contributed by atoms with Gasteiger partial charge in [0.25, 0.3) is 0 Å². The van der Waals surface area contributed by atoms with Crippen LogP contribution in [0.4, 0.5) is 5.13 Å². The Hall–Kier alpha value is -2.40. The van der Waals surface area contributed by atoms with E-state index in [4.69, 9.17) is 10.5 Å². The van der Waals surface area contributed by atoms with Crippen LogP contribution in [0.15, 0.2) is 48.8 Å².